The SMILES string of the molecule is CC(=O)Nc1ccc(N2C(=O)/C(=C/c3ccccc3F)SC2=S)cc1. The summed E-state index contributed by atoms with van der Waals surface area (Å²) in [6.45, 7) is 1.42. The molecular formula is C18H13FN2O2S2. The molecule has 3 rings (SSSR count). The molecule has 0 radical (unpaired) electrons. The van der Waals surface area contributed by atoms with Gasteiger partial charge in [0.15, 0.2) is 4.32 Å². The Balaban J connectivity index is 1.87. The number of amides is 2. The maximum atomic E-state index is 13.8. The molecule has 126 valence electrons. The van der Waals surface area contributed by atoms with Crippen LogP contribution in [-0.4, -0.2) is 16.1 Å². The fourth-order valence-electron chi connectivity index (χ4n) is 2.32. The van der Waals surface area contributed by atoms with E-state index in [4.69, 9.17) is 12.2 Å². The van der Waals surface area contributed by atoms with Crippen LogP contribution in [0.2, 0.25) is 0 Å². The predicted molar refractivity (Wildman–Crippen MR) is 103 cm³/mol. The van der Waals surface area contributed by atoms with Crippen LogP contribution in [-0.2, 0) is 9.59 Å². The number of thioether (sulfide) groups is 1. The van der Waals surface area contributed by atoms with Crippen molar-refractivity contribution >= 4 is 57.6 Å². The van der Waals surface area contributed by atoms with E-state index in [1.54, 1.807) is 42.5 Å². The summed E-state index contributed by atoms with van der Waals surface area (Å²) in [6, 6.07) is 13.0. The van der Waals surface area contributed by atoms with Crippen LogP contribution in [0.5, 0.6) is 0 Å². The van der Waals surface area contributed by atoms with Gasteiger partial charge in [-0.25, -0.2) is 4.39 Å². The molecular weight excluding hydrogens is 359 g/mol. The lowest BCUT2D eigenvalue weighted by atomic mass is 10.2. The molecule has 2 aromatic carbocycles. The highest BCUT2D eigenvalue weighted by molar-refractivity contribution is 8.27. The number of nitrogens with zero attached hydrogens (tertiary/aromatic N) is 1. The van der Waals surface area contributed by atoms with Gasteiger partial charge >= 0.3 is 0 Å². The summed E-state index contributed by atoms with van der Waals surface area (Å²) in [7, 11) is 0. The van der Waals surface area contributed by atoms with Gasteiger partial charge in [0.25, 0.3) is 5.91 Å². The van der Waals surface area contributed by atoms with Crippen molar-refractivity contribution in [2.45, 2.75) is 6.92 Å². The van der Waals surface area contributed by atoms with E-state index in [2.05, 4.69) is 5.32 Å². The van der Waals surface area contributed by atoms with Gasteiger partial charge in [0.2, 0.25) is 5.91 Å². The molecule has 4 nitrogen and oxygen atoms in total. The van der Waals surface area contributed by atoms with Gasteiger partial charge in [-0.15, -0.1) is 0 Å². The second-order valence-corrected chi connectivity index (χ2v) is 6.94. The highest BCUT2D eigenvalue weighted by Crippen LogP contribution is 2.36. The third-order valence-corrected chi connectivity index (χ3v) is 4.73. The van der Waals surface area contributed by atoms with Crippen molar-refractivity contribution in [2.75, 3.05) is 10.2 Å². The van der Waals surface area contributed by atoms with Crippen molar-refractivity contribution in [3.8, 4) is 0 Å². The zero-order valence-electron chi connectivity index (χ0n) is 13.2. The standard InChI is InChI=1S/C18H13FN2O2S2/c1-11(22)20-13-6-8-14(9-7-13)21-17(23)16(25-18(21)24)10-12-4-2-3-5-15(12)19/h2-10H,1H3,(H,20,22)/b16-10-. The topological polar surface area (TPSA) is 49.4 Å². The summed E-state index contributed by atoms with van der Waals surface area (Å²) in [5.74, 6) is -0.871. The first kappa shape index (κ1) is 17.3. The number of halogens is 1. The zero-order valence-corrected chi connectivity index (χ0v) is 14.8. The van der Waals surface area contributed by atoms with E-state index >= 15 is 0 Å². The van der Waals surface area contributed by atoms with Gasteiger partial charge < -0.3 is 5.32 Å². The summed E-state index contributed by atoms with van der Waals surface area (Å²) >= 11 is 6.42. The third-order valence-electron chi connectivity index (χ3n) is 3.43. The van der Waals surface area contributed by atoms with Gasteiger partial charge in [-0.05, 0) is 36.4 Å². The Bertz CT molecular complexity index is 894. The number of thiocarbonyl (C=S) groups is 1. The van der Waals surface area contributed by atoms with Crippen molar-refractivity contribution < 1.29 is 14.0 Å². The van der Waals surface area contributed by atoms with Crippen LogP contribution in [0.3, 0.4) is 0 Å². The Hall–Kier alpha value is -2.51. The van der Waals surface area contributed by atoms with Crippen molar-refractivity contribution in [3.05, 3.63) is 64.8 Å². The van der Waals surface area contributed by atoms with E-state index < -0.39 is 5.82 Å². The van der Waals surface area contributed by atoms with Crippen LogP contribution in [0.25, 0.3) is 6.08 Å². The van der Waals surface area contributed by atoms with E-state index in [1.807, 2.05) is 0 Å². The van der Waals surface area contributed by atoms with Crippen LogP contribution >= 0.6 is 24.0 Å². The van der Waals surface area contributed by atoms with Crippen molar-refractivity contribution in [2.24, 2.45) is 0 Å². The molecule has 0 saturated carbocycles. The largest absolute Gasteiger partial charge is 0.326 e. The highest BCUT2D eigenvalue weighted by atomic mass is 32.2. The lowest BCUT2D eigenvalue weighted by Gasteiger charge is -2.15. The third kappa shape index (κ3) is 3.78. The fourth-order valence-corrected chi connectivity index (χ4v) is 3.61. The first-order valence-corrected chi connectivity index (χ1v) is 8.58. The highest BCUT2D eigenvalue weighted by Gasteiger charge is 2.33. The number of carbonyl (C=O) groups excluding carboxylic acids is 2. The molecule has 1 fully saturated rings. The van der Waals surface area contributed by atoms with Crippen molar-refractivity contribution in [1.82, 2.24) is 0 Å². The maximum absolute atomic E-state index is 13.8. The minimum atomic E-state index is -0.396. The van der Waals surface area contributed by atoms with Crippen LogP contribution in [0.1, 0.15) is 12.5 Å². The maximum Gasteiger partial charge on any atom is 0.270 e. The Labute approximate surface area is 153 Å². The summed E-state index contributed by atoms with van der Waals surface area (Å²) in [6.07, 6.45) is 1.50. The summed E-state index contributed by atoms with van der Waals surface area (Å²) in [5, 5.41) is 2.66. The minimum Gasteiger partial charge on any atom is -0.326 e. The van der Waals surface area contributed by atoms with Crippen molar-refractivity contribution in [3.63, 3.8) is 0 Å². The van der Waals surface area contributed by atoms with Gasteiger partial charge in [0, 0.05) is 18.2 Å². The van der Waals surface area contributed by atoms with Gasteiger partial charge in [0.05, 0.1) is 10.6 Å². The van der Waals surface area contributed by atoms with Crippen LogP contribution in [0.15, 0.2) is 53.4 Å². The second kappa shape index (κ2) is 7.16. The first-order chi connectivity index (χ1) is 12.0. The van der Waals surface area contributed by atoms with Crippen LogP contribution < -0.4 is 10.2 Å². The molecule has 7 heteroatoms. The predicted octanol–water partition coefficient (Wildman–Crippen LogP) is 4.19. The number of hydrogen-bond acceptors (Lipinski definition) is 4. The molecule has 1 aliphatic heterocycles. The van der Waals surface area contributed by atoms with Crippen molar-refractivity contribution in [1.29, 1.82) is 0 Å². The van der Waals surface area contributed by atoms with E-state index in [1.165, 1.54) is 24.0 Å². The molecule has 1 aliphatic rings. The summed E-state index contributed by atoms with van der Waals surface area (Å²) < 4.78 is 14.2. The van der Waals surface area contributed by atoms with E-state index in [-0.39, 0.29) is 11.8 Å². The van der Waals surface area contributed by atoms with Gasteiger partial charge in [-0.1, -0.05) is 42.2 Å². The van der Waals surface area contributed by atoms with Gasteiger partial charge in [0.1, 0.15) is 5.82 Å². The quantitative estimate of drug-likeness (QED) is 0.648. The zero-order chi connectivity index (χ0) is 18.0. The van der Waals surface area contributed by atoms with Crippen LogP contribution in [0.4, 0.5) is 15.8 Å². The Morgan fingerprint density at radius 1 is 1.20 bits per heavy atom. The molecule has 1 N–H and O–H groups in total. The minimum absolute atomic E-state index is 0.175. The van der Waals surface area contributed by atoms with E-state index in [9.17, 15) is 14.0 Å². The lowest BCUT2D eigenvalue weighted by molar-refractivity contribution is -0.114. The van der Waals surface area contributed by atoms with E-state index in [0.717, 1.165) is 11.8 Å². The molecule has 0 unspecified atom stereocenters. The Kier molecular flexibility index (Phi) is 4.96. The molecule has 0 aliphatic carbocycles. The molecule has 25 heavy (non-hydrogen) atoms. The number of hydrogen-bond donors (Lipinski definition) is 1. The molecule has 0 aromatic heterocycles. The Morgan fingerprint density at radius 2 is 1.88 bits per heavy atom. The molecule has 0 bridgehead atoms. The molecule has 2 aromatic rings. The van der Waals surface area contributed by atoms with Gasteiger partial charge in [-0.3, -0.25) is 14.5 Å². The van der Waals surface area contributed by atoms with Crippen LogP contribution in [0, 0.1) is 5.82 Å². The molecule has 1 saturated heterocycles. The normalized spacial score (nSPS) is 15.8. The Morgan fingerprint density at radius 3 is 2.52 bits per heavy atom. The number of anilines is 2. The molecule has 1 heterocycles. The average Bonchev–Trinajstić information content (AvgIpc) is 2.84. The fraction of sp³-hybridized carbons (Fsp3) is 0.0556. The van der Waals surface area contributed by atoms with Gasteiger partial charge in [-0.2, -0.15) is 0 Å². The number of nitrogens with one attached hydrogen (secondary N) is 1. The van der Waals surface area contributed by atoms with E-state index in [0.29, 0.717) is 26.2 Å². The number of carbonyl (C=O) groups is 2. The number of rotatable bonds is 3. The monoisotopic (exact) mass is 372 g/mol. The lowest BCUT2D eigenvalue weighted by Crippen LogP contribution is -2.27. The first-order valence-electron chi connectivity index (χ1n) is 7.36. The number of benzene rings is 2. The molecule has 0 atom stereocenters. The summed E-state index contributed by atoms with van der Waals surface area (Å²) in [5.41, 5.74) is 1.56. The molecule has 2 amide bonds. The molecule has 0 spiro atoms. The average molecular weight is 372 g/mol. The smallest absolute Gasteiger partial charge is 0.270 e. The second-order valence-electron chi connectivity index (χ2n) is 5.27. The summed E-state index contributed by atoms with van der Waals surface area (Å²) in [4.78, 5) is 25.5.